The summed E-state index contributed by atoms with van der Waals surface area (Å²) in [5.41, 5.74) is -0.214. The van der Waals surface area contributed by atoms with E-state index < -0.39 is 0 Å². The van der Waals surface area contributed by atoms with E-state index in [1.54, 1.807) is 7.11 Å². The second-order valence-electron chi connectivity index (χ2n) is 4.17. The average Bonchev–Trinajstić information content (AvgIpc) is 2.28. The Hall–Kier alpha value is -0.690. The van der Waals surface area contributed by atoms with Crippen LogP contribution >= 0.6 is 0 Å². The largest absolute Gasteiger partial charge is 0.462 e. The Balaban J connectivity index is 1.90. The third-order valence-corrected chi connectivity index (χ3v) is 2.46. The van der Waals surface area contributed by atoms with Crippen LogP contribution in [0.2, 0.25) is 0 Å². The summed E-state index contributed by atoms with van der Waals surface area (Å²) in [6, 6.07) is 0. The zero-order chi connectivity index (χ0) is 12.6. The van der Waals surface area contributed by atoms with Crippen molar-refractivity contribution in [2.24, 2.45) is 0 Å². The topological polar surface area (TPSA) is 66.0 Å². The van der Waals surface area contributed by atoms with E-state index in [-0.39, 0.29) is 24.8 Å². The summed E-state index contributed by atoms with van der Waals surface area (Å²) in [6.07, 6.45) is 0. The van der Waals surface area contributed by atoms with Gasteiger partial charge in [0, 0.05) is 20.2 Å². The van der Waals surface area contributed by atoms with Crippen LogP contribution in [0.3, 0.4) is 0 Å². The third-order valence-electron chi connectivity index (χ3n) is 2.46. The fraction of sp³-hybridized carbons (Fsp3) is 0.909. The minimum Gasteiger partial charge on any atom is -0.462 e. The van der Waals surface area contributed by atoms with Gasteiger partial charge in [-0.2, -0.15) is 0 Å². The number of hydrogen-bond donors (Lipinski definition) is 1. The minimum atomic E-state index is -0.353. The standard InChI is InChI=1S/C11H21NO5/c1-11(8-12-9-11)17-7-10(13)16-6-5-15-4-3-14-2/h12H,3-9H2,1-2H3. The molecule has 1 aliphatic rings. The Labute approximate surface area is 102 Å². The molecule has 0 aromatic rings. The molecule has 1 N–H and O–H groups in total. The predicted octanol–water partition coefficient (Wildman–Crippen LogP) is -0.429. The summed E-state index contributed by atoms with van der Waals surface area (Å²) in [6.45, 7) is 5.20. The van der Waals surface area contributed by atoms with E-state index >= 15 is 0 Å². The lowest BCUT2D eigenvalue weighted by atomic mass is 10.0. The number of hydrogen-bond acceptors (Lipinski definition) is 6. The summed E-state index contributed by atoms with van der Waals surface area (Å²) in [5, 5.41) is 3.09. The van der Waals surface area contributed by atoms with Crippen molar-refractivity contribution in [1.82, 2.24) is 5.32 Å². The fourth-order valence-electron chi connectivity index (χ4n) is 1.31. The summed E-state index contributed by atoms with van der Waals surface area (Å²) < 4.78 is 20.3. The highest BCUT2D eigenvalue weighted by Gasteiger charge is 2.33. The van der Waals surface area contributed by atoms with Gasteiger partial charge in [-0.05, 0) is 6.92 Å². The SMILES string of the molecule is COCCOCCOC(=O)COC1(C)CNC1. The molecule has 0 amide bonds. The summed E-state index contributed by atoms with van der Waals surface area (Å²) >= 11 is 0. The molecule has 1 rings (SSSR count). The molecule has 6 nitrogen and oxygen atoms in total. The van der Waals surface area contributed by atoms with Crippen LogP contribution in [0.5, 0.6) is 0 Å². The number of rotatable bonds is 9. The van der Waals surface area contributed by atoms with Gasteiger partial charge in [0.05, 0.1) is 25.4 Å². The van der Waals surface area contributed by atoms with Crippen molar-refractivity contribution in [3.05, 3.63) is 0 Å². The Morgan fingerprint density at radius 1 is 1.24 bits per heavy atom. The highest BCUT2D eigenvalue weighted by atomic mass is 16.6. The number of carbonyl (C=O) groups excluding carboxylic acids is 1. The van der Waals surface area contributed by atoms with Crippen molar-refractivity contribution >= 4 is 5.97 Å². The van der Waals surface area contributed by atoms with E-state index in [9.17, 15) is 4.79 Å². The first kappa shape index (κ1) is 14.4. The Bertz CT molecular complexity index is 230. The molecule has 0 spiro atoms. The van der Waals surface area contributed by atoms with Crippen LogP contribution < -0.4 is 5.32 Å². The van der Waals surface area contributed by atoms with Crippen molar-refractivity contribution < 1.29 is 23.7 Å². The molecule has 6 heteroatoms. The number of carbonyl (C=O) groups is 1. The molecule has 0 aliphatic carbocycles. The monoisotopic (exact) mass is 247 g/mol. The second-order valence-corrected chi connectivity index (χ2v) is 4.17. The molecule has 0 aromatic heterocycles. The highest BCUT2D eigenvalue weighted by Crippen LogP contribution is 2.14. The van der Waals surface area contributed by atoms with Gasteiger partial charge in [-0.3, -0.25) is 0 Å². The van der Waals surface area contributed by atoms with Crippen molar-refractivity contribution in [3.63, 3.8) is 0 Å². The van der Waals surface area contributed by atoms with Gasteiger partial charge in [-0.1, -0.05) is 0 Å². The third kappa shape index (κ3) is 5.97. The minimum absolute atomic E-state index is 0.00372. The van der Waals surface area contributed by atoms with Gasteiger partial charge in [-0.15, -0.1) is 0 Å². The van der Waals surface area contributed by atoms with Crippen molar-refractivity contribution in [2.75, 3.05) is 53.2 Å². The Morgan fingerprint density at radius 2 is 1.94 bits per heavy atom. The fourth-order valence-corrected chi connectivity index (χ4v) is 1.31. The summed E-state index contributed by atoms with van der Waals surface area (Å²) in [4.78, 5) is 11.3. The first-order valence-electron chi connectivity index (χ1n) is 5.73. The quantitative estimate of drug-likeness (QED) is 0.440. The van der Waals surface area contributed by atoms with E-state index in [1.165, 1.54) is 0 Å². The maximum atomic E-state index is 11.3. The molecule has 0 unspecified atom stereocenters. The van der Waals surface area contributed by atoms with Gasteiger partial charge in [0.15, 0.2) is 0 Å². The lowest BCUT2D eigenvalue weighted by molar-refractivity contribution is -0.159. The van der Waals surface area contributed by atoms with Crippen LogP contribution in [0.25, 0.3) is 0 Å². The van der Waals surface area contributed by atoms with E-state index in [0.717, 1.165) is 13.1 Å². The molecule has 0 bridgehead atoms. The van der Waals surface area contributed by atoms with Gasteiger partial charge in [0.2, 0.25) is 0 Å². The zero-order valence-corrected chi connectivity index (χ0v) is 10.5. The van der Waals surface area contributed by atoms with Gasteiger partial charge >= 0.3 is 5.97 Å². The molecule has 0 aromatic carbocycles. The van der Waals surface area contributed by atoms with Crippen molar-refractivity contribution in [1.29, 1.82) is 0 Å². The van der Waals surface area contributed by atoms with E-state index in [2.05, 4.69) is 5.32 Å². The number of nitrogens with one attached hydrogen (secondary N) is 1. The van der Waals surface area contributed by atoms with Gasteiger partial charge in [0.25, 0.3) is 0 Å². The first-order valence-corrected chi connectivity index (χ1v) is 5.73. The van der Waals surface area contributed by atoms with E-state index in [4.69, 9.17) is 18.9 Å². The van der Waals surface area contributed by atoms with Crippen LogP contribution in [-0.4, -0.2) is 64.8 Å². The molecule has 0 saturated carbocycles. The number of ether oxygens (including phenoxy) is 4. The van der Waals surface area contributed by atoms with Crippen LogP contribution in [0, 0.1) is 0 Å². The molecular weight excluding hydrogens is 226 g/mol. The van der Waals surface area contributed by atoms with Crippen LogP contribution in [-0.2, 0) is 23.7 Å². The highest BCUT2D eigenvalue weighted by molar-refractivity contribution is 5.70. The van der Waals surface area contributed by atoms with Crippen LogP contribution in [0.1, 0.15) is 6.92 Å². The number of methoxy groups -OCH3 is 1. The second kappa shape index (κ2) is 7.60. The van der Waals surface area contributed by atoms with Crippen molar-refractivity contribution in [3.8, 4) is 0 Å². The lowest BCUT2D eigenvalue weighted by Crippen LogP contribution is -2.59. The number of esters is 1. The van der Waals surface area contributed by atoms with Crippen LogP contribution in [0.4, 0.5) is 0 Å². The van der Waals surface area contributed by atoms with Crippen molar-refractivity contribution in [2.45, 2.75) is 12.5 Å². The summed E-state index contributed by atoms with van der Waals surface area (Å²) in [5.74, 6) is -0.353. The van der Waals surface area contributed by atoms with E-state index in [0.29, 0.717) is 19.8 Å². The van der Waals surface area contributed by atoms with Gasteiger partial charge in [-0.25, -0.2) is 4.79 Å². The maximum Gasteiger partial charge on any atom is 0.332 e. The molecule has 17 heavy (non-hydrogen) atoms. The van der Waals surface area contributed by atoms with Gasteiger partial charge < -0.3 is 24.3 Å². The molecule has 0 radical (unpaired) electrons. The van der Waals surface area contributed by atoms with E-state index in [1.807, 2.05) is 6.92 Å². The predicted molar refractivity (Wildman–Crippen MR) is 60.9 cm³/mol. The molecule has 1 fully saturated rings. The maximum absolute atomic E-state index is 11.3. The Morgan fingerprint density at radius 3 is 2.53 bits per heavy atom. The zero-order valence-electron chi connectivity index (χ0n) is 10.5. The molecule has 1 saturated heterocycles. The molecule has 1 heterocycles. The van der Waals surface area contributed by atoms with Gasteiger partial charge in [0.1, 0.15) is 13.2 Å². The summed E-state index contributed by atoms with van der Waals surface area (Å²) in [7, 11) is 1.61. The Kier molecular flexibility index (Phi) is 6.43. The molecule has 0 atom stereocenters. The average molecular weight is 247 g/mol. The molecule has 100 valence electrons. The van der Waals surface area contributed by atoms with Crippen LogP contribution in [0.15, 0.2) is 0 Å². The molecular formula is C11H21NO5. The normalized spacial score (nSPS) is 17.5. The molecule has 1 aliphatic heterocycles. The lowest BCUT2D eigenvalue weighted by Gasteiger charge is -2.38. The smallest absolute Gasteiger partial charge is 0.332 e. The first-order chi connectivity index (χ1) is 8.16.